The molecule has 1 aliphatic rings. The van der Waals surface area contributed by atoms with Gasteiger partial charge in [-0.05, 0) is 43.5 Å². The second-order valence-corrected chi connectivity index (χ2v) is 6.95. The molecule has 1 N–H and O–H groups in total. The molecule has 4 nitrogen and oxygen atoms in total. The standard InChI is InChI=1S/C17H22ClN3O/c1-13-10-20(8-7-17(13,2)22)11-14-9-19-21(12-14)16-5-3-15(18)4-6-16/h3-6,9,12-13,22H,7-8,10-11H2,1-2H3/t13-,17+/m1/s1. The predicted octanol–water partition coefficient (Wildman–Crippen LogP) is 3.12. The van der Waals surface area contributed by atoms with Gasteiger partial charge in [-0.3, -0.25) is 4.90 Å². The van der Waals surface area contributed by atoms with Gasteiger partial charge in [0.05, 0.1) is 17.5 Å². The summed E-state index contributed by atoms with van der Waals surface area (Å²) in [6.07, 6.45) is 4.78. The summed E-state index contributed by atoms with van der Waals surface area (Å²) in [4.78, 5) is 2.38. The summed E-state index contributed by atoms with van der Waals surface area (Å²) in [5.74, 6) is 0.285. The molecule has 118 valence electrons. The van der Waals surface area contributed by atoms with Crippen molar-refractivity contribution < 1.29 is 5.11 Å². The van der Waals surface area contributed by atoms with Gasteiger partial charge in [0.2, 0.25) is 0 Å². The zero-order valence-electron chi connectivity index (χ0n) is 13.0. The van der Waals surface area contributed by atoms with Crippen molar-refractivity contribution in [2.45, 2.75) is 32.4 Å². The summed E-state index contributed by atoms with van der Waals surface area (Å²) < 4.78 is 1.87. The molecule has 0 saturated carbocycles. The van der Waals surface area contributed by atoms with Crippen LogP contribution in [0.15, 0.2) is 36.7 Å². The lowest BCUT2D eigenvalue weighted by atomic mass is 9.84. The number of aromatic nitrogens is 2. The zero-order chi connectivity index (χ0) is 15.7. The van der Waals surface area contributed by atoms with E-state index in [9.17, 15) is 5.11 Å². The Kier molecular flexibility index (Phi) is 4.26. The number of rotatable bonds is 3. The summed E-state index contributed by atoms with van der Waals surface area (Å²) in [6, 6.07) is 7.65. The molecule has 0 radical (unpaired) electrons. The topological polar surface area (TPSA) is 41.3 Å². The van der Waals surface area contributed by atoms with E-state index in [-0.39, 0.29) is 5.92 Å². The molecule has 0 spiro atoms. The van der Waals surface area contributed by atoms with Crippen LogP contribution in [0.3, 0.4) is 0 Å². The number of nitrogens with zero attached hydrogens (tertiary/aromatic N) is 3. The maximum absolute atomic E-state index is 10.2. The van der Waals surface area contributed by atoms with Crippen LogP contribution in [0.2, 0.25) is 5.02 Å². The molecule has 0 aliphatic carbocycles. The van der Waals surface area contributed by atoms with Gasteiger partial charge in [0.25, 0.3) is 0 Å². The van der Waals surface area contributed by atoms with Crippen LogP contribution in [0.25, 0.3) is 5.69 Å². The van der Waals surface area contributed by atoms with Crippen LogP contribution in [0, 0.1) is 5.92 Å². The average molecular weight is 320 g/mol. The van der Waals surface area contributed by atoms with Gasteiger partial charge < -0.3 is 5.11 Å². The van der Waals surface area contributed by atoms with Crippen LogP contribution < -0.4 is 0 Å². The number of likely N-dealkylation sites (tertiary alicyclic amines) is 1. The van der Waals surface area contributed by atoms with Crippen LogP contribution in [-0.2, 0) is 6.54 Å². The first-order valence-corrected chi connectivity index (χ1v) is 8.06. The summed E-state index contributed by atoms with van der Waals surface area (Å²) >= 11 is 5.91. The lowest BCUT2D eigenvalue weighted by Gasteiger charge is -2.41. The highest BCUT2D eigenvalue weighted by Gasteiger charge is 2.34. The van der Waals surface area contributed by atoms with Crippen molar-refractivity contribution in [2.24, 2.45) is 5.92 Å². The number of hydrogen-bond donors (Lipinski definition) is 1. The van der Waals surface area contributed by atoms with Crippen molar-refractivity contribution >= 4 is 11.6 Å². The van der Waals surface area contributed by atoms with Gasteiger partial charge >= 0.3 is 0 Å². The average Bonchev–Trinajstić information content (AvgIpc) is 2.93. The number of halogens is 1. The van der Waals surface area contributed by atoms with E-state index in [0.29, 0.717) is 0 Å². The van der Waals surface area contributed by atoms with Crippen molar-refractivity contribution in [1.29, 1.82) is 0 Å². The number of benzene rings is 1. The van der Waals surface area contributed by atoms with E-state index in [1.165, 1.54) is 5.56 Å². The number of aliphatic hydroxyl groups is 1. The van der Waals surface area contributed by atoms with Crippen LogP contribution in [0.1, 0.15) is 25.8 Å². The molecule has 1 aromatic heterocycles. The predicted molar refractivity (Wildman–Crippen MR) is 88.3 cm³/mol. The second kappa shape index (κ2) is 6.03. The highest BCUT2D eigenvalue weighted by molar-refractivity contribution is 6.30. The summed E-state index contributed by atoms with van der Waals surface area (Å²) in [7, 11) is 0. The third kappa shape index (κ3) is 3.35. The molecule has 0 unspecified atom stereocenters. The van der Waals surface area contributed by atoms with Gasteiger partial charge in [-0.1, -0.05) is 18.5 Å². The normalized spacial score (nSPS) is 26.3. The van der Waals surface area contributed by atoms with Gasteiger partial charge in [0, 0.05) is 36.4 Å². The molecule has 2 aromatic rings. The third-order valence-corrected chi connectivity index (χ3v) is 4.91. The lowest BCUT2D eigenvalue weighted by Crippen LogP contribution is -2.48. The molecule has 2 heterocycles. The van der Waals surface area contributed by atoms with Gasteiger partial charge in [-0.25, -0.2) is 4.68 Å². The molecule has 2 atom stereocenters. The minimum atomic E-state index is -0.538. The Balaban J connectivity index is 1.66. The minimum absolute atomic E-state index is 0.285. The SMILES string of the molecule is C[C@@H]1CN(Cc2cnn(-c3ccc(Cl)cc3)c2)CC[C@]1(C)O. The van der Waals surface area contributed by atoms with Gasteiger partial charge in [-0.2, -0.15) is 5.10 Å². The van der Waals surface area contributed by atoms with Crippen molar-refractivity contribution in [3.8, 4) is 5.69 Å². The van der Waals surface area contributed by atoms with Crippen molar-refractivity contribution in [2.75, 3.05) is 13.1 Å². The van der Waals surface area contributed by atoms with Crippen LogP contribution >= 0.6 is 11.6 Å². The molecular formula is C17H22ClN3O. The zero-order valence-corrected chi connectivity index (χ0v) is 13.8. The Labute approximate surface area is 136 Å². The Hall–Kier alpha value is -1.36. The van der Waals surface area contributed by atoms with E-state index in [4.69, 9.17) is 11.6 Å². The molecule has 3 rings (SSSR count). The molecule has 0 bridgehead atoms. The fraction of sp³-hybridized carbons (Fsp3) is 0.471. The first-order chi connectivity index (χ1) is 10.4. The maximum atomic E-state index is 10.2. The molecule has 1 aliphatic heterocycles. The fourth-order valence-corrected chi connectivity index (χ4v) is 3.01. The molecule has 1 fully saturated rings. The smallest absolute Gasteiger partial charge is 0.0669 e. The molecule has 1 aromatic carbocycles. The summed E-state index contributed by atoms with van der Waals surface area (Å²) in [5.41, 5.74) is 1.65. The second-order valence-electron chi connectivity index (χ2n) is 6.51. The minimum Gasteiger partial charge on any atom is -0.390 e. The highest BCUT2D eigenvalue weighted by atomic mass is 35.5. The largest absolute Gasteiger partial charge is 0.390 e. The Morgan fingerprint density at radius 1 is 1.36 bits per heavy atom. The maximum Gasteiger partial charge on any atom is 0.0669 e. The van der Waals surface area contributed by atoms with Crippen molar-refractivity contribution in [1.82, 2.24) is 14.7 Å². The van der Waals surface area contributed by atoms with E-state index in [1.54, 1.807) is 0 Å². The van der Waals surface area contributed by atoms with E-state index >= 15 is 0 Å². The Bertz CT molecular complexity index is 636. The Morgan fingerprint density at radius 2 is 2.09 bits per heavy atom. The van der Waals surface area contributed by atoms with E-state index in [0.717, 1.165) is 36.8 Å². The molecule has 5 heteroatoms. The molecule has 0 amide bonds. The quantitative estimate of drug-likeness (QED) is 0.945. The van der Waals surface area contributed by atoms with Crippen LogP contribution in [-0.4, -0.2) is 38.5 Å². The molecular weight excluding hydrogens is 298 g/mol. The third-order valence-electron chi connectivity index (χ3n) is 4.66. The number of piperidine rings is 1. The van der Waals surface area contributed by atoms with Crippen molar-refractivity contribution in [3.05, 3.63) is 47.2 Å². The first kappa shape index (κ1) is 15.5. The summed E-state index contributed by atoms with van der Waals surface area (Å²) in [6.45, 7) is 6.76. The lowest BCUT2D eigenvalue weighted by molar-refractivity contribution is -0.0523. The first-order valence-electron chi connectivity index (χ1n) is 7.68. The summed E-state index contributed by atoms with van der Waals surface area (Å²) in [5, 5.41) is 15.4. The highest BCUT2D eigenvalue weighted by Crippen LogP contribution is 2.28. The van der Waals surface area contributed by atoms with Gasteiger partial charge in [0.1, 0.15) is 0 Å². The van der Waals surface area contributed by atoms with E-state index < -0.39 is 5.60 Å². The van der Waals surface area contributed by atoms with Gasteiger partial charge in [-0.15, -0.1) is 0 Å². The van der Waals surface area contributed by atoms with E-state index in [1.807, 2.05) is 42.1 Å². The fourth-order valence-electron chi connectivity index (χ4n) is 2.88. The molecule has 22 heavy (non-hydrogen) atoms. The Morgan fingerprint density at radius 3 is 2.77 bits per heavy atom. The van der Waals surface area contributed by atoms with Crippen LogP contribution in [0.4, 0.5) is 0 Å². The van der Waals surface area contributed by atoms with Crippen LogP contribution in [0.5, 0.6) is 0 Å². The van der Waals surface area contributed by atoms with Crippen molar-refractivity contribution in [3.63, 3.8) is 0 Å². The monoisotopic (exact) mass is 319 g/mol. The van der Waals surface area contributed by atoms with Gasteiger partial charge in [0.15, 0.2) is 0 Å². The van der Waals surface area contributed by atoms with E-state index in [2.05, 4.69) is 23.1 Å². The number of hydrogen-bond acceptors (Lipinski definition) is 3. The molecule has 1 saturated heterocycles.